The van der Waals surface area contributed by atoms with Crippen molar-refractivity contribution in [3.63, 3.8) is 0 Å². The third-order valence-electron chi connectivity index (χ3n) is 1.79. The molecule has 0 saturated carbocycles. The molecular weight excluding hydrogens is 191 g/mol. The van der Waals surface area contributed by atoms with Gasteiger partial charge in [-0.05, 0) is 12.5 Å². The molecule has 0 aliphatic carbocycles. The molecule has 0 aliphatic rings. The number of rotatable bonds is 2. The molecule has 0 N–H and O–H groups in total. The Morgan fingerprint density at radius 1 is 1.54 bits per heavy atom. The number of aryl methyl sites for hydroxylation is 1. The Balaban J connectivity index is 3.35. The summed E-state index contributed by atoms with van der Waals surface area (Å²) in [5, 5.41) is 0.177. The molecule has 1 nitrogen and oxygen atoms in total. The smallest absolute Gasteiger partial charge is 0.173 e. The fraction of sp³-hybridized carbons (Fsp3) is 0.200. The molecule has 1 rings (SSSR count). The van der Waals surface area contributed by atoms with Crippen molar-refractivity contribution in [2.75, 3.05) is 7.11 Å². The predicted molar refractivity (Wildman–Crippen MR) is 52.6 cm³/mol. The first-order valence-electron chi connectivity index (χ1n) is 3.75. The molecule has 0 heterocycles. The molecule has 13 heavy (non-hydrogen) atoms. The summed E-state index contributed by atoms with van der Waals surface area (Å²) in [5.41, 5.74) is 1.02. The van der Waals surface area contributed by atoms with Crippen molar-refractivity contribution in [1.29, 1.82) is 0 Å². The van der Waals surface area contributed by atoms with Gasteiger partial charge in [-0.1, -0.05) is 30.3 Å². The van der Waals surface area contributed by atoms with Crippen LogP contribution in [0.25, 0.3) is 5.03 Å². The fourth-order valence-electron chi connectivity index (χ4n) is 1.11. The van der Waals surface area contributed by atoms with E-state index in [0.717, 1.165) is 5.56 Å². The predicted octanol–water partition coefficient (Wildman–Crippen LogP) is 3.35. The van der Waals surface area contributed by atoms with Gasteiger partial charge in [0.2, 0.25) is 0 Å². The summed E-state index contributed by atoms with van der Waals surface area (Å²) in [6.07, 6.45) is 0. The highest BCUT2D eigenvalue weighted by molar-refractivity contribution is 6.48. The van der Waals surface area contributed by atoms with Crippen LogP contribution in [0.1, 0.15) is 11.1 Å². The maximum absolute atomic E-state index is 13.5. The first-order valence-corrected chi connectivity index (χ1v) is 4.13. The second kappa shape index (κ2) is 3.79. The normalized spacial score (nSPS) is 9.85. The molecule has 3 heteroatoms. The van der Waals surface area contributed by atoms with Gasteiger partial charge < -0.3 is 4.74 Å². The second-order valence-corrected chi connectivity index (χ2v) is 3.14. The maximum atomic E-state index is 13.5. The van der Waals surface area contributed by atoms with E-state index >= 15 is 0 Å². The van der Waals surface area contributed by atoms with Gasteiger partial charge >= 0.3 is 0 Å². The number of hydrogen-bond acceptors (Lipinski definition) is 1. The molecule has 0 amide bonds. The lowest BCUT2D eigenvalue weighted by molar-refractivity contribution is 0.383. The zero-order valence-corrected chi connectivity index (χ0v) is 8.28. The Hall–Kier alpha value is -1.02. The summed E-state index contributed by atoms with van der Waals surface area (Å²) in [6, 6.07) is 3.33. The van der Waals surface area contributed by atoms with E-state index in [1.54, 1.807) is 19.1 Å². The van der Waals surface area contributed by atoms with Crippen molar-refractivity contribution < 1.29 is 9.13 Å². The van der Waals surface area contributed by atoms with Gasteiger partial charge in [0, 0.05) is 10.6 Å². The quantitative estimate of drug-likeness (QED) is 0.712. The monoisotopic (exact) mass is 200 g/mol. The number of hydrogen-bond donors (Lipinski definition) is 0. The molecule has 0 fully saturated rings. The summed E-state index contributed by atoms with van der Waals surface area (Å²) >= 11 is 5.60. The molecule has 0 atom stereocenters. The van der Waals surface area contributed by atoms with Crippen LogP contribution in [0.2, 0.25) is 0 Å². The van der Waals surface area contributed by atoms with Crippen molar-refractivity contribution in [2.45, 2.75) is 6.92 Å². The van der Waals surface area contributed by atoms with Crippen molar-refractivity contribution in [2.24, 2.45) is 0 Å². The molecule has 0 saturated heterocycles. The van der Waals surface area contributed by atoms with E-state index in [1.165, 1.54) is 7.11 Å². The fourth-order valence-corrected chi connectivity index (χ4v) is 1.26. The Morgan fingerprint density at radius 3 is 2.62 bits per heavy atom. The van der Waals surface area contributed by atoms with Crippen LogP contribution in [-0.2, 0) is 0 Å². The number of ether oxygens (including phenoxy) is 1. The molecule has 0 spiro atoms. The third kappa shape index (κ3) is 1.83. The van der Waals surface area contributed by atoms with E-state index in [0.29, 0.717) is 0 Å². The molecule has 1 aromatic rings. The topological polar surface area (TPSA) is 9.23 Å². The first-order chi connectivity index (χ1) is 6.07. The minimum atomic E-state index is -0.456. The molecule has 70 valence electrons. The summed E-state index contributed by atoms with van der Waals surface area (Å²) in [5.74, 6) is -0.234. The minimum Gasteiger partial charge on any atom is -0.493 e. The van der Waals surface area contributed by atoms with Crippen LogP contribution in [0, 0.1) is 12.7 Å². The van der Waals surface area contributed by atoms with Crippen molar-refractivity contribution >= 4 is 16.6 Å². The average Bonchev–Trinajstić information content (AvgIpc) is 2.04. The van der Waals surface area contributed by atoms with Crippen LogP contribution in [0.5, 0.6) is 5.75 Å². The van der Waals surface area contributed by atoms with Gasteiger partial charge in [-0.2, -0.15) is 0 Å². The average molecular weight is 201 g/mol. The molecule has 0 radical (unpaired) electrons. The number of halogens is 2. The highest BCUT2D eigenvalue weighted by atomic mass is 35.5. The van der Waals surface area contributed by atoms with Crippen LogP contribution in [0.4, 0.5) is 4.39 Å². The Labute approximate surface area is 81.8 Å². The highest BCUT2D eigenvalue weighted by Gasteiger charge is 2.12. The summed E-state index contributed by atoms with van der Waals surface area (Å²) in [7, 11) is 1.42. The van der Waals surface area contributed by atoms with E-state index in [9.17, 15) is 4.39 Å². The van der Waals surface area contributed by atoms with E-state index in [1.807, 2.05) is 0 Å². The van der Waals surface area contributed by atoms with Gasteiger partial charge in [0.1, 0.15) is 0 Å². The molecule has 0 aliphatic heterocycles. The lowest BCUT2D eigenvalue weighted by Crippen LogP contribution is -1.95. The molecular formula is C10H10ClFO. The van der Waals surface area contributed by atoms with E-state index in [2.05, 4.69) is 6.58 Å². The van der Waals surface area contributed by atoms with Crippen LogP contribution >= 0.6 is 11.6 Å². The highest BCUT2D eigenvalue weighted by Crippen LogP contribution is 2.29. The molecule has 1 aromatic carbocycles. The molecule has 0 bridgehead atoms. The summed E-state index contributed by atoms with van der Waals surface area (Å²) < 4.78 is 18.4. The Morgan fingerprint density at radius 2 is 2.15 bits per heavy atom. The van der Waals surface area contributed by atoms with Crippen molar-refractivity contribution in [3.05, 3.63) is 35.7 Å². The standard InChI is InChI=1S/C10H10ClFO/c1-6-4-5-8(7(2)11)9(12)10(6)13-3/h4-5H,2H2,1,3H3. The minimum absolute atomic E-state index is 0.177. The number of benzene rings is 1. The van der Waals surface area contributed by atoms with Crippen molar-refractivity contribution in [1.82, 2.24) is 0 Å². The second-order valence-electron chi connectivity index (χ2n) is 2.68. The van der Waals surface area contributed by atoms with Gasteiger partial charge in [-0.25, -0.2) is 4.39 Å². The SMILES string of the molecule is C=C(Cl)c1ccc(C)c(OC)c1F. The van der Waals surface area contributed by atoms with E-state index in [-0.39, 0.29) is 16.3 Å². The first kappa shape index (κ1) is 10.1. The van der Waals surface area contributed by atoms with Gasteiger partial charge in [0.05, 0.1) is 7.11 Å². The molecule has 0 unspecified atom stereocenters. The van der Waals surface area contributed by atoms with Gasteiger partial charge in [0.25, 0.3) is 0 Å². The lowest BCUT2D eigenvalue weighted by Gasteiger charge is -2.08. The zero-order valence-electron chi connectivity index (χ0n) is 7.53. The summed E-state index contributed by atoms with van der Waals surface area (Å²) in [6.45, 7) is 5.23. The summed E-state index contributed by atoms with van der Waals surface area (Å²) in [4.78, 5) is 0. The van der Waals surface area contributed by atoms with Crippen LogP contribution in [-0.4, -0.2) is 7.11 Å². The van der Waals surface area contributed by atoms with Crippen LogP contribution in [0.15, 0.2) is 18.7 Å². The van der Waals surface area contributed by atoms with E-state index in [4.69, 9.17) is 16.3 Å². The largest absolute Gasteiger partial charge is 0.493 e. The van der Waals surface area contributed by atoms with Crippen LogP contribution < -0.4 is 4.74 Å². The van der Waals surface area contributed by atoms with Gasteiger partial charge in [0.15, 0.2) is 11.6 Å². The lowest BCUT2D eigenvalue weighted by atomic mass is 10.1. The van der Waals surface area contributed by atoms with Gasteiger partial charge in [-0.3, -0.25) is 0 Å². The van der Waals surface area contributed by atoms with Crippen LogP contribution in [0.3, 0.4) is 0 Å². The van der Waals surface area contributed by atoms with Gasteiger partial charge in [-0.15, -0.1) is 0 Å². The maximum Gasteiger partial charge on any atom is 0.173 e. The van der Waals surface area contributed by atoms with Crippen molar-refractivity contribution in [3.8, 4) is 5.75 Å². The Bertz CT molecular complexity index is 347. The third-order valence-corrected chi connectivity index (χ3v) is 1.99. The Kier molecular flexibility index (Phi) is 2.94. The number of methoxy groups -OCH3 is 1. The van der Waals surface area contributed by atoms with E-state index < -0.39 is 5.82 Å². The zero-order chi connectivity index (χ0) is 10.0. The molecule has 0 aromatic heterocycles.